The SMILES string of the molecule is COc1ccc(N2CC(C(=O)N3CCN(c4ccc(F)cc4)CC3)CC2=O)cc1. The van der Waals surface area contributed by atoms with Crippen molar-refractivity contribution in [3.8, 4) is 5.75 Å². The zero-order valence-electron chi connectivity index (χ0n) is 16.4. The number of rotatable bonds is 4. The van der Waals surface area contributed by atoms with Crippen molar-refractivity contribution in [3.05, 3.63) is 54.3 Å². The van der Waals surface area contributed by atoms with E-state index in [0.29, 0.717) is 32.7 Å². The van der Waals surface area contributed by atoms with Crippen molar-refractivity contribution in [2.75, 3.05) is 49.6 Å². The van der Waals surface area contributed by atoms with Gasteiger partial charge >= 0.3 is 0 Å². The summed E-state index contributed by atoms with van der Waals surface area (Å²) in [4.78, 5) is 31.1. The Morgan fingerprint density at radius 2 is 1.59 bits per heavy atom. The van der Waals surface area contributed by atoms with E-state index in [9.17, 15) is 14.0 Å². The van der Waals surface area contributed by atoms with Crippen LogP contribution in [0.5, 0.6) is 5.75 Å². The zero-order chi connectivity index (χ0) is 20.4. The highest BCUT2D eigenvalue weighted by Gasteiger charge is 2.38. The zero-order valence-corrected chi connectivity index (χ0v) is 16.4. The number of carbonyl (C=O) groups is 2. The van der Waals surface area contributed by atoms with Crippen molar-refractivity contribution in [2.45, 2.75) is 6.42 Å². The minimum absolute atomic E-state index is 0.0292. The lowest BCUT2D eigenvalue weighted by Crippen LogP contribution is -2.50. The average Bonchev–Trinajstić information content (AvgIpc) is 3.15. The Morgan fingerprint density at radius 1 is 0.966 bits per heavy atom. The third kappa shape index (κ3) is 4.04. The molecule has 152 valence electrons. The summed E-state index contributed by atoms with van der Waals surface area (Å²) in [7, 11) is 1.60. The van der Waals surface area contributed by atoms with Crippen LogP contribution in [0.2, 0.25) is 0 Å². The number of halogens is 1. The van der Waals surface area contributed by atoms with Gasteiger partial charge in [0.15, 0.2) is 0 Å². The molecule has 0 saturated carbocycles. The van der Waals surface area contributed by atoms with E-state index in [0.717, 1.165) is 17.1 Å². The number of hydrogen-bond donors (Lipinski definition) is 0. The van der Waals surface area contributed by atoms with Crippen LogP contribution >= 0.6 is 0 Å². The van der Waals surface area contributed by atoms with Crippen LogP contribution in [0.4, 0.5) is 15.8 Å². The first-order chi connectivity index (χ1) is 14.0. The van der Waals surface area contributed by atoms with Gasteiger partial charge in [-0.05, 0) is 48.5 Å². The molecule has 2 fully saturated rings. The predicted octanol–water partition coefficient (Wildman–Crippen LogP) is 2.54. The summed E-state index contributed by atoms with van der Waals surface area (Å²) >= 11 is 0. The first-order valence-corrected chi connectivity index (χ1v) is 9.79. The molecule has 7 heteroatoms. The van der Waals surface area contributed by atoms with Crippen LogP contribution in [-0.4, -0.2) is 56.5 Å². The summed E-state index contributed by atoms with van der Waals surface area (Å²) < 4.78 is 18.3. The number of hydrogen-bond acceptors (Lipinski definition) is 4. The van der Waals surface area contributed by atoms with Gasteiger partial charge in [-0.2, -0.15) is 0 Å². The molecule has 2 heterocycles. The van der Waals surface area contributed by atoms with Gasteiger partial charge in [0, 0.05) is 50.5 Å². The van der Waals surface area contributed by atoms with Gasteiger partial charge in [0.25, 0.3) is 0 Å². The molecule has 2 aromatic rings. The van der Waals surface area contributed by atoms with Crippen LogP contribution in [0.3, 0.4) is 0 Å². The number of amides is 2. The second kappa shape index (κ2) is 8.11. The van der Waals surface area contributed by atoms with E-state index >= 15 is 0 Å². The molecular formula is C22H24FN3O3. The molecule has 2 aliphatic rings. The molecule has 2 aromatic carbocycles. The Morgan fingerprint density at radius 3 is 2.21 bits per heavy atom. The van der Waals surface area contributed by atoms with Crippen molar-refractivity contribution in [1.82, 2.24) is 4.90 Å². The van der Waals surface area contributed by atoms with Gasteiger partial charge < -0.3 is 19.4 Å². The molecule has 2 amide bonds. The normalized spacial score (nSPS) is 19.6. The molecule has 0 aromatic heterocycles. The summed E-state index contributed by atoms with van der Waals surface area (Å²) in [5.41, 5.74) is 1.74. The summed E-state index contributed by atoms with van der Waals surface area (Å²) in [6.07, 6.45) is 0.239. The number of piperazine rings is 1. The molecule has 4 rings (SSSR count). The van der Waals surface area contributed by atoms with Gasteiger partial charge in [-0.25, -0.2) is 4.39 Å². The molecule has 0 spiro atoms. The lowest BCUT2D eigenvalue weighted by molar-refractivity contribution is -0.136. The number of carbonyl (C=O) groups excluding carboxylic acids is 2. The standard InChI is InChI=1S/C22H24FN3O3/c1-29-20-8-6-19(7-9-20)26-15-16(14-21(26)27)22(28)25-12-10-24(11-13-25)18-4-2-17(23)3-5-18/h2-9,16H,10-15H2,1H3. The Bertz CT molecular complexity index is 877. The molecule has 1 unspecified atom stereocenters. The van der Waals surface area contributed by atoms with E-state index in [4.69, 9.17) is 4.74 Å². The van der Waals surface area contributed by atoms with Crippen molar-refractivity contribution in [1.29, 1.82) is 0 Å². The third-order valence-electron chi connectivity index (χ3n) is 5.64. The van der Waals surface area contributed by atoms with Crippen LogP contribution < -0.4 is 14.5 Å². The average molecular weight is 397 g/mol. The second-order valence-corrected chi connectivity index (χ2v) is 7.39. The number of anilines is 2. The summed E-state index contributed by atoms with van der Waals surface area (Å²) in [6, 6.07) is 13.7. The maximum Gasteiger partial charge on any atom is 0.228 e. The van der Waals surface area contributed by atoms with Crippen molar-refractivity contribution in [3.63, 3.8) is 0 Å². The van der Waals surface area contributed by atoms with E-state index in [1.165, 1.54) is 12.1 Å². The van der Waals surface area contributed by atoms with E-state index in [1.54, 1.807) is 24.1 Å². The van der Waals surface area contributed by atoms with Crippen molar-refractivity contribution < 1.29 is 18.7 Å². The fourth-order valence-corrected chi connectivity index (χ4v) is 3.98. The molecule has 2 saturated heterocycles. The lowest BCUT2D eigenvalue weighted by atomic mass is 10.1. The first kappa shape index (κ1) is 19.2. The molecule has 1 atom stereocenters. The Kier molecular flexibility index (Phi) is 5.38. The Balaban J connectivity index is 1.35. The number of benzene rings is 2. The largest absolute Gasteiger partial charge is 0.497 e. The fourth-order valence-electron chi connectivity index (χ4n) is 3.98. The van der Waals surface area contributed by atoms with Crippen LogP contribution in [0.1, 0.15) is 6.42 Å². The highest BCUT2D eigenvalue weighted by molar-refractivity contribution is 6.00. The summed E-state index contributed by atoms with van der Waals surface area (Å²) in [6.45, 7) is 3.00. The highest BCUT2D eigenvalue weighted by atomic mass is 19.1. The monoisotopic (exact) mass is 397 g/mol. The lowest BCUT2D eigenvalue weighted by Gasteiger charge is -2.37. The minimum Gasteiger partial charge on any atom is -0.497 e. The summed E-state index contributed by atoms with van der Waals surface area (Å²) in [5, 5.41) is 0. The second-order valence-electron chi connectivity index (χ2n) is 7.39. The highest BCUT2D eigenvalue weighted by Crippen LogP contribution is 2.28. The number of ether oxygens (including phenoxy) is 1. The number of methoxy groups -OCH3 is 1. The minimum atomic E-state index is -0.318. The molecule has 6 nitrogen and oxygen atoms in total. The molecular weight excluding hydrogens is 373 g/mol. The molecule has 0 N–H and O–H groups in total. The van der Waals surface area contributed by atoms with Crippen molar-refractivity contribution >= 4 is 23.2 Å². The maximum absolute atomic E-state index is 13.1. The fraction of sp³-hybridized carbons (Fsp3) is 0.364. The third-order valence-corrected chi connectivity index (χ3v) is 5.64. The topological polar surface area (TPSA) is 53.1 Å². The maximum atomic E-state index is 13.1. The van der Waals surface area contributed by atoms with Gasteiger partial charge in [0.1, 0.15) is 11.6 Å². The van der Waals surface area contributed by atoms with Gasteiger partial charge in [-0.3, -0.25) is 9.59 Å². The quantitative estimate of drug-likeness (QED) is 0.796. The first-order valence-electron chi connectivity index (χ1n) is 9.79. The molecule has 0 bridgehead atoms. The van der Waals surface area contributed by atoms with Crippen LogP contribution in [0.25, 0.3) is 0 Å². The smallest absolute Gasteiger partial charge is 0.228 e. The van der Waals surface area contributed by atoms with Crippen LogP contribution in [0.15, 0.2) is 48.5 Å². The van der Waals surface area contributed by atoms with Gasteiger partial charge in [-0.15, -0.1) is 0 Å². The van der Waals surface area contributed by atoms with Gasteiger partial charge in [0.2, 0.25) is 11.8 Å². The molecule has 0 aliphatic carbocycles. The molecule has 0 radical (unpaired) electrons. The van der Waals surface area contributed by atoms with E-state index < -0.39 is 0 Å². The van der Waals surface area contributed by atoms with E-state index in [1.807, 2.05) is 29.2 Å². The van der Waals surface area contributed by atoms with Crippen LogP contribution in [-0.2, 0) is 9.59 Å². The Labute approximate surface area is 169 Å². The van der Waals surface area contributed by atoms with Crippen LogP contribution in [0, 0.1) is 11.7 Å². The number of nitrogens with zero attached hydrogens (tertiary/aromatic N) is 3. The molecule has 2 aliphatic heterocycles. The van der Waals surface area contributed by atoms with Gasteiger partial charge in [-0.1, -0.05) is 0 Å². The van der Waals surface area contributed by atoms with Crippen molar-refractivity contribution in [2.24, 2.45) is 5.92 Å². The van der Waals surface area contributed by atoms with E-state index in [2.05, 4.69) is 4.90 Å². The summed E-state index contributed by atoms with van der Waals surface area (Å²) in [5.74, 6) is 0.162. The van der Waals surface area contributed by atoms with Gasteiger partial charge in [0.05, 0.1) is 13.0 Å². The molecule has 29 heavy (non-hydrogen) atoms. The van der Waals surface area contributed by atoms with E-state index in [-0.39, 0.29) is 30.0 Å². The Hall–Kier alpha value is -3.09. The predicted molar refractivity (Wildman–Crippen MR) is 109 cm³/mol.